The van der Waals surface area contributed by atoms with Crippen molar-refractivity contribution in [3.8, 4) is 0 Å². The Morgan fingerprint density at radius 1 is 0.625 bits per heavy atom. The highest BCUT2D eigenvalue weighted by molar-refractivity contribution is 6.35. The van der Waals surface area contributed by atoms with Crippen LogP contribution >= 0.6 is 46.4 Å². The minimum Gasteiger partial charge on any atom is -0.550 e. The van der Waals surface area contributed by atoms with Gasteiger partial charge in [0, 0.05) is 44.5 Å². The number of carbonyl (C=O) groups excluding carboxylic acids is 4. The van der Waals surface area contributed by atoms with Gasteiger partial charge in [0.15, 0.2) is 12.4 Å². The average Bonchev–Trinajstić information content (AvgIpc) is 3.78. The molecule has 2 atom stereocenters. The summed E-state index contributed by atoms with van der Waals surface area (Å²) >= 11 is 24.6. The number of hydrogen-bond donors (Lipinski definition) is 1. The van der Waals surface area contributed by atoms with Gasteiger partial charge in [-0.05, 0) is 49.1 Å². The molecule has 11 nitrogen and oxygen atoms in total. The monoisotopic (exact) mass is 970 g/mol. The number of hydrogen-bond acceptors (Lipinski definition) is 10. The quantitative estimate of drug-likeness (QED) is 0.0411. The van der Waals surface area contributed by atoms with E-state index in [2.05, 4.69) is 18.8 Å². The van der Waals surface area contributed by atoms with Crippen LogP contribution in [0, 0.1) is 0 Å². The Balaban J connectivity index is 0.000000479. The zero-order valence-corrected chi connectivity index (χ0v) is 40.9. The second kappa shape index (κ2) is 36.0. The van der Waals surface area contributed by atoms with Gasteiger partial charge in [-0.2, -0.15) is 0 Å². The lowest BCUT2D eigenvalue weighted by atomic mass is 10.1. The Morgan fingerprint density at radius 3 is 1.59 bits per heavy atom. The lowest BCUT2D eigenvalue weighted by Gasteiger charge is -2.21. The highest BCUT2D eigenvalue weighted by Gasteiger charge is 2.23. The zero-order chi connectivity index (χ0) is 46.8. The molecule has 1 aliphatic heterocycles. The van der Waals surface area contributed by atoms with Gasteiger partial charge < -0.3 is 28.8 Å². The van der Waals surface area contributed by atoms with Crippen molar-refractivity contribution in [1.29, 1.82) is 0 Å². The highest BCUT2D eigenvalue weighted by Crippen LogP contribution is 2.30. The molecule has 0 spiro atoms. The van der Waals surface area contributed by atoms with Crippen LogP contribution in [0.2, 0.25) is 20.1 Å². The summed E-state index contributed by atoms with van der Waals surface area (Å²) in [5, 5.41) is 12.9. The van der Waals surface area contributed by atoms with Crippen LogP contribution in [0.25, 0.3) is 0 Å². The summed E-state index contributed by atoms with van der Waals surface area (Å²) in [6.07, 6.45) is 24.6. The zero-order valence-electron chi connectivity index (χ0n) is 37.9. The maximum absolute atomic E-state index is 12.1. The van der Waals surface area contributed by atoms with Crippen LogP contribution in [0.4, 0.5) is 0 Å². The second-order valence-corrected chi connectivity index (χ2v) is 17.8. The molecule has 2 aromatic carbocycles. The number of unbranched alkanes of at least 4 members (excludes halogenated alkanes) is 16. The van der Waals surface area contributed by atoms with Crippen molar-refractivity contribution >= 4 is 76.6 Å². The van der Waals surface area contributed by atoms with Gasteiger partial charge in [0.2, 0.25) is 0 Å². The van der Waals surface area contributed by atoms with E-state index in [1.165, 1.54) is 77.0 Å². The summed E-state index contributed by atoms with van der Waals surface area (Å²) in [7, 11) is 0. The van der Waals surface area contributed by atoms with Gasteiger partial charge in [-0.3, -0.25) is 19.3 Å². The molecule has 0 fully saturated rings. The number of carbonyl (C=O) groups is 4. The van der Waals surface area contributed by atoms with Crippen LogP contribution < -0.4 is 10.0 Å². The molecule has 1 N–H and O–H groups in total. The molecule has 2 aromatic rings. The van der Waals surface area contributed by atoms with Crippen LogP contribution in [-0.2, 0) is 44.7 Å². The number of carboxylic acid groups (broad SMARTS) is 1. The van der Waals surface area contributed by atoms with Gasteiger partial charge >= 0.3 is 17.9 Å². The third-order valence-corrected chi connectivity index (χ3v) is 11.6. The van der Waals surface area contributed by atoms with Gasteiger partial charge in [0.1, 0.15) is 32.1 Å². The summed E-state index contributed by atoms with van der Waals surface area (Å²) in [6.45, 7) is 4.92. The lowest BCUT2D eigenvalue weighted by molar-refractivity contribution is -0.742. The Kier molecular flexibility index (Phi) is 32.0. The van der Waals surface area contributed by atoms with E-state index in [0.29, 0.717) is 33.2 Å². The number of carboxylic acids is 1. The number of aliphatic imine (C=N–C) groups is 1. The first-order valence-electron chi connectivity index (χ1n) is 23.2. The van der Waals surface area contributed by atoms with Gasteiger partial charge in [-0.25, -0.2) is 4.99 Å². The van der Waals surface area contributed by atoms with Gasteiger partial charge in [-0.15, -0.1) is 0 Å². The van der Waals surface area contributed by atoms with Gasteiger partial charge in [0.25, 0.3) is 0 Å². The first-order valence-corrected chi connectivity index (χ1v) is 24.7. The van der Waals surface area contributed by atoms with E-state index in [-0.39, 0.29) is 38.6 Å². The highest BCUT2D eigenvalue weighted by atomic mass is 35.5. The largest absolute Gasteiger partial charge is 0.550 e. The third-order valence-electron chi connectivity index (χ3n) is 10.5. The van der Waals surface area contributed by atoms with E-state index in [9.17, 15) is 24.3 Å². The molecule has 3 rings (SSSR count). The SMILES string of the molecule is CCCCCCCCCCCC(=O)OCC(COC(=O)CCCCCCCCCCC)OC(=O)CCC(=O)[O-].Clc1ccc(COC(C[NH+]2C=CN=C2)c2ccc(Cl)cc2Cl)c(Cl)c1. The van der Waals surface area contributed by atoms with Gasteiger partial charge in [0.05, 0.1) is 19.2 Å². The van der Waals surface area contributed by atoms with Crippen molar-refractivity contribution < 1.29 is 48.1 Å². The molecule has 2 unspecified atom stereocenters. The number of quaternary nitrogens is 1. The van der Waals surface area contributed by atoms with Crippen LogP contribution in [-0.4, -0.2) is 56.1 Å². The van der Waals surface area contributed by atoms with Gasteiger partial charge in [-0.1, -0.05) is 175 Å². The number of benzene rings is 2. The number of ether oxygens (including phenoxy) is 4. The summed E-state index contributed by atoms with van der Waals surface area (Å²) in [5.74, 6) is -2.91. The molecule has 0 saturated carbocycles. The van der Waals surface area contributed by atoms with Crippen LogP contribution in [0.15, 0.2) is 53.8 Å². The van der Waals surface area contributed by atoms with E-state index < -0.39 is 36.4 Å². The normalized spacial score (nSPS) is 13.4. The lowest BCUT2D eigenvalue weighted by Crippen LogP contribution is -3.06. The molecule has 1 aliphatic rings. The number of nitrogens with zero attached hydrogens (tertiary/aromatic N) is 1. The molecule has 0 bridgehead atoms. The van der Waals surface area contributed by atoms with E-state index >= 15 is 0 Å². The summed E-state index contributed by atoms with van der Waals surface area (Å²) in [5.41, 5.74) is 1.74. The minimum atomic E-state index is -1.36. The molecule has 358 valence electrons. The van der Waals surface area contributed by atoms with E-state index in [1.54, 1.807) is 30.5 Å². The predicted molar refractivity (Wildman–Crippen MR) is 254 cm³/mol. The fraction of sp³-hybridized carbons (Fsp3) is 0.612. The number of halogens is 4. The molecular formula is C49H70Cl4N2O9. The summed E-state index contributed by atoms with van der Waals surface area (Å²) < 4.78 is 21.9. The predicted octanol–water partition coefficient (Wildman–Crippen LogP) is 11.3. The Hall–Kier alpha value is -3.19. The van der Waals surface area contributed by atoms with Crippen molar-refractivity contribution in [2.24, 2.45) is 4.99 Å². The maximum atomic E-state index is 12.1. The number of esters is 3. The average molecular weight is 973 g/mol. The van der Waals surface area contributed by atoms with Crippen molar-refractivity contribution in [3.05, 3.63) is 80.0 Å². The molecule has 0 aliphatic carbocycles. The van der Waals surface area contributed by atoms with Crippen molar-refractivity contribution in [2.75, 3.05) is 19.8 Å². The number of aliphatic carboxylic acids is 1. The topological polar surface area (TPSA) is 145 Å². The number of rotatable bonds is 34. The summed E-state index contributed by atoms with van der Waals surface area (Å²) in [6, 6.07) is 10.8. The molecule has 0 amide bonds. The first kappa shape index (κ1) is 56.9. The standard InChI is InChI=1S/C31H56O8.C18H14Cl4N2O/c1-3-5-7-9-11-13-15-17-19-21-29(34)37-25-27(39-31(36)24-23-28(32)33)26-38-30(35)22-20-18-16-14-12-10-8-6-4-2;19-13-2-1-12(16(21)7-13)10-25-18(9-24-6-5-23-11-24)15-4-3-14(20)8-17(15)22/h27H,3-26H2,1-2H3,(H,32,33);1-8,11,18H,9-10H2. The van der Waals surface area contributed by atoms with Crippen molar-refractivity contribution in [3.63, 3.8) is 0 Å². The third kappa shape index (κ3) is 28.0. The van der Waals surface area contributed by atoms with Crippen LogP contribution in [0.5, 0.6) is 0 Å². The van der Waals surface area contributed by atoms with Crippen LogP contribution in [0.1, 0.15) is 172 Å². The minimum absolute atomic E-state index is 0.237. The fourth-order valence-corrected chi connectivity index (χ4v) is 7.74. The van der Waals surface area contributed by atoms with E-state index in [0.717, 1.165) is 54.6 Å². The fourth-order valence-electron chi connectivity index (χ4n) is 6.75. The number of nitrogens with one attached hydrogen (secondary N) is 1. The van der Waals surface area contributed by atoms with E-state index in [4.69, 9.17) is 65.4 Å². The molecule has 1 heterocycles. The molecule has 64 heavy (non-hydrogen) atoms. The molecular weight excluding hydrogens is 902 g/mol. The molecule has 0 saturated heterocycles. The van der Waals surface area contributed by atoms with Crippen molar-refractivity contribution in [1.82, 2.24) is 0 Å². The maximum Gasteiger partial charge on any atom is 0.306 e. The molecule has 0 radical (unpaired) electrons. The molecule has 15 heteroatoms. The summed E-state index contributed by atoms with van der Waals surface area (Å²) in [4.78, 5) is 52.0. The Bertz CT molecular complexity index is 1660. The van der Waals surface area contributed by atoms with Crippen LogP contribution in [0.3, 0.4) is 0 Å². The smallest absolute Gasteiger partial charge is 0.306 e. The molecule has 0 aromatic heterocycles. The first-order chi connectivity index (χ1) is 30.9. The second-order valence-electron chi connectivity index (χ2n) is 16.1. The van der Waals surface area contributed by atoms with E-state index in [1.807, 2.05) is 24.7 Å². The Morgan fingerprint density at radius 2 is 1.12 bits per heavy atom. The Labute approximate surface area is 401 Å². The van der Waals surface area contributed by atoms with Crippen molar-refractivity contribution in [2.45, 2.75) is 174 Å².